The van der Waals surface area contributed by atoms with E-state index >= 15 is 0 Å². The van der Waals surface area contributed by atoms with Gasteiger partial charge in [-0.15, -0.1) is 0 Å². The lowest BCUT2D eigenvalue weighted by molar-refractivity contribution is -0.125. The van der Waals surface area contributed by atoms with Gasteiger partial charge in [0.25, 0.3) is 0 Å². The molecular weight excluding hydrogens is 254 g/mol. The molecule has 5 heteroatoms. The Morgan fingerprint density at radius 1 is 1.20 bits per heavy atom. The molecule has 5 nitrogen and oxygen atoms in total. The number of amides is 1. The predicted molar refractivity (Wildman–Crippen MR) is 79.7 cm³/mol. The van der Waals surface area contributed by atoms with Crippen molar-refractivity contribution in [3.05, 3.63) is 0 Å². The van der Waals surface area contributed by atoms with Crippen LogP contribution in [0.15, 0.2) is 0 Å². The highest BCUT2D eigenvalue weighted by Crippen LogP contribution is 2.14. The van der Waals surface area contributed by atoms with Crippen LogP contribution in [0.4, 0.5) is 0 Å². The summed E-state index contributed by atoms with van der Waals surface area (Å²) in [5.74, 6) is 0.185. The molecular formula is C15H29N3O2. The Balaban J connectivity index is 1.50. The molecule has 2 fully saturated rings. The van der Waals surface area contributed by atoms with E-state index in [0.29, 0.717) is 6.10 Å². The quantitative estimate of drug-likeness (QED) is 0.729. The SMILES string of the molecule is CN1CCC(OCCCNC(=O)[C@@H]2CCCN2C)CC1. The first-order chi connectivity index (χ1) is 9.66. The standard InChI is InChI=1S/C15H29N3O2/c1-17-10-6-13(7-11-17)20-12-4-8-16-15(19)14-5-3-9-18(14)2/h13-14H,3-12H2,1-2H3,(H,16,19)/t14-/m0/s1. The lowest BCUT2D eigenvalue weighted by Crippen LogP contribution is -2.42. The summed E-state index contributed by atoms with van der Waals surface area (Å²) >= 11 is 0. The largest absolute Gasteiger partial charge is 0.378 e. The molecule has 0 bridgehead atoms. The topological polar surface area (TPSA) is 44.8 Å². The van der Waals surface area contributed by atoms with Crippen molar-refractivity contribution in [1.29, 1.82) is 0 Å². The van der Waals surface area contributed by atoms with Crippen molar-refractivity contribution in [2.24, 2.45) is 0 Å². The summed E-state index contributed by atoms with van der Waals surface area (Å²) in [6, 6.07) is 0.0878. The van der Waals surface area contributed by atoms with Crippen LogP contribution in [0, 0.1) is 0 Å². The minimum atomic E-state index is 0.0878. The Kier molecular flexibility index (Phi) is 6.26. The van der Waals surface area contributed by atoms with Crippen molar-refractivity contribution in [2.45, 2.75) is 44.2 Å². The smallest absolute Gasteiger partial charge is 0.237 e. The summed E-state index contributed by atoms with van der Waals surface area (Å²) in [7, 11) is 4.19. The molecule has 2 saturated heterocycles. The van der Waals surface area contributed by atoms with Crippen LogP contribution in [0.25, 0.3) is 0 Å². The van der Waals surface area contributed by atoms with Crippen LogP contribution in [0.5, 0.6) is 0 Å². The number of hydrogen-bond donors (Lipinski definition) is 1. The van der Waals surface area contributed by atoms with E-state index in [1.165, 1.54) is 0 Å². The zero-order chi connectivity index (χ0) is 14.4. The van der Waals surface area contributed by atoms with Gasteiger partial charge in [0, 0.05) is 26.2 Å². The van der Waals surface area contributed by atoms with Crippen molar-refractivity contribution in [2.75, 3.05) is 46.9 Å². The normalized spacial score (nSPS) is 26.0. The van der Waals surface area contributed by atoms with Gasteiger partial charge in [-0.05, 0) is 52.7 Å². The van der Waals surface area contributed by atoms with Gasteiger partial charge in [-0.3, -0.25) is 9.69 Å². The number of carbonyl (C=O) groups is 1. The second kappa shape index (κ2) is 7.96. The molecule has 0 aromatic heterocycles. The maximum atomic E-state index is 12.0. The molecule has 2 aliphatic heterocycles. The number of carbonyl (C=O) groups excluding carboxylic acids is 1. The number of nitrogens with one attached hydrogen (secondary N) is 1. The Morgan fingerprint density at radius 2 is 1.95 bits per heavy atom. The molecule has 0 spiro atoms. The zero-order valence-electron chi connectivity index (χ0n) is 12.9. The van der Waals surface area contributed by atoms with E-state index < -0.39 is 0 Å². The first kappa shape index (κ1) is 15.7. The molecule has 2 aliphatic rings. The first-order valence-corrected chi connectivity index (χ1v) is 7.95. The third-order valence-corrected chi connectivity index (χ3v) is 4.46. The van der Waals surface area contributed by atoms with Gasteiger partial charge in [-0.25, -0.2) is 0 Å². The molecule has 2 rings (SSSR count). The van der Waals surface area contributed by atoms with Crippen LogP contribution >= 0.6 is 0 Å². The second-order valence-electron chi connectivity index (χ2n) is 6.16. The highest BCUT2D eigenvalue weighted by molar-refractivity contribution is 5.81. The van der Waals surface area contributed by atoms with Crippen molar-refractivity contribution in [1.82, 2.24) is 15.1 Å². The minimum Gasteiger partial charge on any atom is -0.378 e. The molecule has 0 aromatic rings. The van der Waals surface area contributed by atoms with E-state index in [4.69, 9.17) is 4.74 Å². The summed E-state index contributed by atoms with van der Waals surface area (Å²) in [4.78, 5) is 16.4. The Bertz CT molecular complexity index is 303. The maximum absolute atomic E-state index is 12.0. The van der Waals surface area contributed by atoms with E-state index in [1.54, 1.807) is 0 Å². The van der Waals surface area contributed by atoms with Crippen LogP contribution in [0.1, 0.15) is 32.1 Å². The molecule has 1 atom stereocenters. The summed E-state index contributed by atoms with van der Waals surface area (Å²) < 4.78 is 5.87. The lowest BCUT2D eigenvalue weighted by atomic mass is 10.1. The molecule has 1 N–H and O–H groups in total. The van der Waals surface area contributed by atoms with E-state index in [0.717, 1.165) is 64.9 Å². The number of rotatable bonds is 6. The Labute approximate surface area is 122 Å². The van der Waals surface area contributed by atoms with Crippen molar-refractivity contribution < 1.29 is 9.53 Å². The fourth-order valence-corrected chi connectivity index (χ4v) is 3.04. The fraction of sp³-hybridized carbons (Fsp3) is 0.933. The molecule has 0 aromatic carbocycles. The molecule has 20 heavy (non-hydrogen) atoms. The van der Waals surface area contributed by atoms with Crippen LogP contribution in [-0.4, -0.2) is 74.7 Å². The number of nitrogens with zero attached hydrogens (tertiary/aromatic N) is 2. The molecule has 0 unspecified atom stereocenters. The highest BCUT2D eigenvalue weighted by Gasteiger charge is 2.27. The van der Waals surface area contributed by atoms with E-state index in [-0.39, 0.29) is 11.9 Å². The molecule has 0 aliphatic carbocycles. The predicted octanol–water partition coefficient (Wildman–Crippen LogP) is 0.698. The van der Waals surface area contributed by atoms with Crippen LogP contribution in [0.2, 0.25) is 0 Å². The summed E-state index contributed by atoms with van der Waals surface area (Å²) in [5, 5.41) is 3.03. The molecule has 0 saturated carbocycles. The number of ether oxygens (including phenoxy) is 1. The molecule has 1 amide bonds. The summed E-state index contributed by atoms with van der Waals surface area (Å²) in [6.45, 7) is 4.80. The van der Waals surface area contributed by atoms with E-state index in [2.05, 4.69) is 22.2 Å². The third-order valence-electron chi connectivity index (χ3n) is 4.46. The van der Waals surface area contributed by atoms with Gasteiger partial charge < -0.3 is 15.0 Å². The van der Waals surface area contributed by atoms with Gasteiger partial charge in [0.15, 0.2) is 0 Å². The van der Waals surface area contributed by atoms with Gasteiger partial charge in [-0.2, -0.15) is 0 Å². The van der Waals surface area contributed by atoms with Crippen LogP contribution < -0.4 is 5.32 Å². The van der Waals surface area contributed by atoms with Gasteiger partial charge in [0.1, 0.15) is 0 Å². The number of piperidine rings is 1. The summed E-state index contributed by atoms with van der Waals surface area (Å²) in [5.41, 5.74) is 0. The minimum absolute atomic E-state index is 0.0878. The van der Waals surface area contributed by atoms with Crippen molar-refractivity contribution in [3.8, 4) is 0 Å². The third kappa shape index (κ3) is 4.72. The van der Waals surface area contributed by atoms with Crippen LogP contribution in [0.3, 0.4) is 0 Å². The highest BCUT2D eigenvalue weighted by atomic mass is 16.5. The van der Waals surface area contributed by atoms with Gasteiger partial charge in [-0.1, -0.05) is 0 Å². The number of hydrogen-bond acceptors (Lipinski definition) is 4. The zero-order valence-corrected chi connectivity index (χ0v) is 12.9. The summed E-state index contributed by atoms with van der Waals surface area (Å²) in [6.07, 6.45) is 5.73. The Hall–Kier alpha value is -0.650. The average Bonchev–Trinajstić information content (AvgIpc) is 2.86. The van der Waals surface area contributed by atoms with E-state index in [9.17, 15) is 4.79 Å². The molecule has 0 radical (unpaired) electrons. The Morgan fingerprint density at radius 3 is 2.60 bits per heavy atom. The molecule has 116 valence electrons. The van der Waals surface area contributed by atoms with Crippen molar-refractivity contribution >= 4 is 5.91 Å². The van der Waals surface area contributed by atoms with E-state index in [1.807, 2.05) is 7.05 Å². The van der Waals surface area contributed by atoms with Crippen LogP contribution in [-0.2, 0) is 9.53 Å². The lowest BCUT2D eigenvalue weighted by Gasteiger charge is -2.28. The van der Waals surface area contributed by atoms with Crippen molar-refractivity contribution in [3.63, 3.8) is 0 Å². The fourth-order valence-electron chi connectivity index (χ4n) is 3.04. The number of likely N-dealkylation sites (N-methyl/N-ethyl adjacent to an activating group) is 1. The number of likely N-dealkylation sites (tertiary alicyclic amines) is 2. The van der Waals surface area contributed by atoms with Gasteiger partial charge >= 0.3 is 0 Å². The first-order valence-electron chi connectivity index (χ1n) is 7.95. The average molecular weight is 283 g/mol. The monoisotopic (exact) mass is 283 g/mol. The molecule has 2 heterocycles. The second-order valence-corrected chi connectivity index (χ2v) is 6.16. The van der Waals surface area contributed by atoms with Gasteiger partial charge in [0.2, 0.25) is 5.91 Å². The van der Waals surface area contributed by atoms with Gasteiger partial charge in [0.05, 0.1) is 12.1 Å². The maximum Gasteiger partial charge on any atom is 0.237 e.